The molecule has 0 N–H and O–H groups in total. The van der Waals surface area contributed by atoms with Crippen LogP contribution in [0.4, 0.5) is 0 Å². The van der Waals surface area contributed by atoms with Crippen LogP contribution in [0.15, 0.2) is 28.7 Å². The second kappa shape index (κ2) is 6.93. The fourth-order valence-corrected chi connectivity index (χ4v) is 2.50. The first-order chi connectivity index (χ1) is 7.63. The standard InChI is InChI=1S/C11H13BrO3S/c1-15-5-6-16(14)8-11(13)9-3-2-4-10(12)7-9/h2-4,7H,5-6,8H2,1H3. The maximum atomic E-state index is 11.7. The van der Waals surface area contributed by atoms with Crippen LogP contribution in [0, 0.1) is 0 Å². The van der Waals surface area contributed by atoms with Crippen LogP contribution >= 0.6 is 15.9 Å². The Kier molecular flexibility index (Phi) is 5.87. The van der Waals surface area contributed by atoms with E-state index in [1.165, 1.54) is 0 Å². The van der Waals surface area contributed by atoms with E-state index in [-0.39, 0.29) is 11.5 Å². The quantitative estimate of drug-likeness (QED) is 0.755. The highest BCUT2D eigenvalue weighted by Crippen LogP contribution is 2.12. The predicted octanol–water partition coefficient (Wildman–Crippen LogP) is 2.03. The molecule has 0 spiro atoms. The second-order valence-electron chi connectivity index (χ2n) is 3.21. The number of rotatable bonds is 6. The van der Waals surface area contributed by atoms with E-state index < -0.39 is 10.8 Å². The minimum absolute atomic E-state index is 0.0554. The molecule has 0 radical (unpaired) electrons. The fraction of sp³-hybridized carbons (Fsp3) is 0.364. The molecule has 0 saturated carbocycles. The topological polar surface area (TPSA) is 43.4 Å². The molecular weight excluding hydrogens is 292 g/mol. The largest absolute Gasteiger partial charge is 0.384 e. The molecule has 16 heavy (non-hydrogen) atoms. The summed E-state index contributed by atoms with van der Waals surface area (Å²) in [4.78, 5) is 11.7. The van der Waals surface area contributed by atoms with Crippen molar-refractivity contribution in [3.05, 3.63) is 34.3 Å². The first-order valence-corrected chi connectivity index (χ1v) is 7.04. The summed E-state index contributed by atoms with van der Waals surface area (Å²) in [6, 6.07) is 7.09. The van der Waals surface area contributed by atoms with Gasteiger partial charge < -0.3 is 4.74 Å². The number of hydrogen-bond acceptors (Lipinski definition) is 3. The minimum Gasteiger partial charge on any atom is -0.384 e. The van der Waals surface area contributed by atoms with Crippen LogP contribution in [-0.2, 0) is 15.5 Å². The molecule has 1 atom stereocenters. The number of methoxy groups -OCH3 is 1. The number of halogens is 1. The van der Waals surface area contributed by atoms with E-state index in [2.05, 4.69) is 15.9 Å². The van der Waals surface area contributed by atoms with Crippen molar-refractivity contribution < 1.29 is 13.7 Å². The van der Waals surface area contributed by atoms with Gasteiger partial charge in [0.05, 0.1) is 12.4 Å². The molecule has 3 nitrogen and oxygen atoms in total. The van der Waals surface area contributed by atoms with Gasteiger partial charge in [-0.2, -0.15) is 0 Å². The Bertz CT molecular complexity index is 393. The van der Waals surface area contributed by atoms with E-state index in [0.29, 0.717) is 17.9 Å². The molecule has 0 aliphatic carbocycles. The summed E-state index contributed by atoms with van der Waals surface area (Å²) in [5.41, 5.74) is 0.583. The monoisotopic (exact) mass is 304 g/mol. The molecule has 0 aromatic heterocycles. The third kappa shape index (κ3) is 4.55. The highest BCUT2D eigenvalue weighted by Gasteiger charge is 2.10. The van der Waals surface area contributed by atoms with Crippen LogP contribution in [0.25, 0.3) is 0 Å². The molecule has 0 heterocycles. The lowest BCUT2D eigenvalue weighted by atomic mass is 10.2. The van der Waals surface area contributed by atoms with Gasteiger partial charge in [-0.3, -0.25) is 9.00 Å². The highest BCUT2D eigenvalue weighted by molar-refractivity contribution is 9.10. The fourth-order valence-electron chi connectivity index (χ4n) is 1.14. The summed E-state index contributed by atoms with van der Waals surface area (Å²) in [5, 5.41) is 0. The molecule has 1 aromatic rings. The average molecular weight is 305 g/mol. The van der Waals surface area contributed by atoms with E-state index in [0.717, 1.165) is 4.47 Å². The molecule has 0 saturated heterocycles. The van der Waals surface area contributed by atoms with Crippen LogP contribution in [0.2, 0.25) is 0 Å². The molecule has 0 bridgehead atoms. The lowest BCUT2D eigenvalue weighted by Crippen LogP contribution is -2.15. The van der Waals surface area contributed by atoms with Crippen molar-refractivity contribution in [2.45, 2.75) is 0 Å². The number of carbonyl (C=O) groups is 1. The third-order valence-corrected chi connectivity index (χ3v) is 3.65. The van der Waals surface area contributed by atoms with E-state index in [9.17, 15) is 9.00 Å². The summed E-state index contributed by atoms with van der Waals surface area (Å²) >= 11 is 3.29. The number of carbonyl (C=O) groups excluding carboxylic acids is 1. The molecule has 0 aliphatic rings. The number of ketones is 1. The molecule has 0 fully saturated rings. The summed E-state index contributed by atoms with van der Waals surface area (Å²) in [5.74, 6) is 0.353. The smallest absolute Gasteiger partial charge is 0.175 e. The zero-order valence-electron chi connectivity index (χ0n) is 8.94. The summed E-state index contributed by atoms with van der Waals surface area (Å²) < 4.78 is 17.1. The molecule has 88 valence electrons. The first kappa shape index (κ1) is 13.5. The number of Topliss-reactive ketones (excluding diaryl/α,β-unsaturated/α-hetero) is 1. The highest BCUT2D eigenvalue weighted by atomic mass is 79.9. The van der Waals surface area contributed by atoms with Crippen LogP contribution in [-0.4, -0.2) is 35.2 Å². The molecule has 0 amide bonds. The van der Waals surface area contributed by atoms with Crippen LogP contribution in [0.1, 0.15) is 10.4 Å². The average Bonchev–Trinajstić information content (AvgIpc) is 2.26. The van der Waals surface area contributed by atoms with Gasteiger partial charge in [-0.25, -0.2) is 0 Å². The lowest BCUT2D eigenvalue weighted by molar-refractivity contribution is 0.102. The van der Waals surface area contributed by atoms with Crippen molar-refractivity contribution in [2.24, 2.45) is 0 Å². The Hall–Kier alpha value is -0.520. The second-order valence-corrected chi connectivity index (χ2v) is 5.71. The number of benzene rings is 1. The van der Waals surface area contributed by atoms with Crippen LogP contribution < -0.4 is 0 Å². The van der Waals surface area contributed by atoms with Gasteiger partial charge in [0.15, 0.2) is 5.78 Å². The molecule has 1 unspecified atom stereocenters. The van der Waals surface area contributed by atoms with E-state index >= 15 is 0 Å². The van der Waals surface area contributed by atoms with Gasteiger partial charge in [0, 0.05) is 33.7 Å². The molecule has 1 rings (SSSR count). The van der Waals surface area contributed by atoms with Crippen molar-refractivity contribution in [1.29, 1.82) is 0 Å². The Balaban J connectivity index is 2.55. The predicted molar refractivity (Wildman–Crippen MR) is 68.2 cm³/mol. The van der Waals surface area contributed by atoms with E-state index in [4.69, 9.17) is 4.74 Å². The van der Waals surface area contributed by atoms with Crippen molar-refractivity contribution in [2.75, 3.05) is 25.2 Å². The van der Waals surface area contributed by atoms with Gasteiger partial charge in [-0.15, -0.1) is 0 Å². The first-order valence-electron chi connectivity index (χ1n) is 4.76. The summed E-state index contributed by atoms with van der Waals surface area (Å²) in [6.45, 7) is 0.415. The van der Waals surface area contributed by atoms with Crippen LogP contribution in [0.5, 0.6) is 0 Å². The molecule has 1 aromatic carbocycles. The zero-order chi connectivity index (χ0) is 12.0. The van der Waals surface area contributed by atoms with Crippen molar-refractivity contribution in [3.8, 4) is 0 Å². The van der Waals surface area contributed by atoms with Crippen molar-refractivity contribution in [1.82, 2.24) is 0 Å². The third-order valence-electron chi connectivity index (χ3n) is 1.95. The van der Waals surface area contributed by atoms with Gasteiger partial charge in [0.1, 0.15) is 0 Å². The van der Waals surface area contributed by atoms with E-state index in [1.54, 1.807) is 25.3 Å². The Morgan fingerprint density at radius 2 is 2.25 bits per heavy atom. The van der Waals surface area contributed by atoms with Gasteiger partial charge in [0.25, 0.3) is 0 Å². The molecule has 5 heteroatoms. The van der Waals surface area contributed by atoms with Crippen molar-refractivity contribution >= 4 is 32.5 Å². The van der Waals surface area contributed by atoms with Gasteiger partial charge in [0.2, 0.25) is 0 Å². The summed E-state index contributed by atoms with van der Waals surface area (Å²) in [6.07, 6.45) is 0. The number of ether oxygens (including phenoxy) is 1. The van der Waals surface area contributed by atoms with Gasteiger partial charge in [-0.05, 0) is 12.1 Å². The van der Waals surface area contributed by atoms with Crippen molar-refractivity contribution in [3.63, 3.8) is 0 Å². The Morgan fingerprint density at radius 1 is 1.50 bits per heavy atom. The van der Waals surface area contributed by atoms with Gasteiger partial charge >= 0.3 is 0 Å². The minimum atomic E-state index is -1.15. The maximum absolute atomic E-state index is 11.7. The Morgan fingerprint density at radius 3 is 2.88 bits per heavy atom. The van der Waals surface area contributed by atoms with E-state index in [1.807, 2.05) is 6.07 Å². The molecule has 0 aliphatic heterocycles. The summed E-state index contributed by atoms with van der Waals surface area (Å²) in [7, 11) is 0.402. The lowest BCUT2D eigenvalue weighted by Gasteiger charge is -2.02. The van der Waals surface area contributed by atoms with Crippen LogP contribution in [0.3, 0.4) is 0 Å². The maximum Gasteiger partial charge on any atom is 0.175 e. The van der Waals surface area contributed by atoms with Gasteiger partial charge in [-0.1, -0.05) is 28.1 Å². The SMILES string of the molecule is COCCS(=O)CC(=O)c1cccc(Br)c1. The Labute approximate surface area is 106 Å². The normalized spacial score (nSPS) is 12.4. The zero-order valence-corrected chi connectivity index (χ0v) is 11.3. The molecular formula is C11H13BrO3S. The number of hydrogen-bond donors (Lipinski definition) is 0.